The fourth-order valence-corrected chi connectivity index (χ4v) is 2.10. The molecule has 5 nitrogen and oxygen atoms in total. The largest absolute Gasteiger partial charge is 0.397 e. The highest BCUT2D eigenvalue weighted by Crippen LogP contribution is 2.12. The Kier molecular flexibility index (Phi) is 3.28. The topological polar surface area (TPSA) is 71.2 Å². The van der Waals surface area contributed by atoms with Gasteiger partial charge in [0.2, 0.25) is 0 Å². The van der Waals surface area contributed by atoms with Gasteiger partial charge in [0.05, 0.1) is 23.1 Å². The fourth-order valence-electron chi connectivity index (χ4n) is 2.10. The van der Waals surface area contributed by atoms with E-state index in [4.69, 9.17) is 5.73 Å². The summed E-state index contributed by atoms with van der Waals surface area (Å²) >= 11 is 0. The highest BCUT2D eigenvalue weighted by Gasteiger charge is 2.22. The van der Waals surface area contributed by atoms with Crippen LogP contribution in [0.1, 0.15) is 22.5 Å². The minimum absolute atomic E-state index is 0.0809. The van der Waals surface area contributed by atoms with Crippen LogP contribution in [0.25, 0.3) is 0 Å². The summed E-state index contributed by atoms with van der Waals surface area (Å²) in [6.45, 7) is 3.74. The van der Waals surface area contributed by atoms with E-state index in [-0.39, 0.29) is 11.9 Å². The van der Waals surface area contributed by atoms with E-state index in [0.29, 0.717) is 16.9 Å². The van der Waals surface area contributed by atoms with Gasteiger partial charge in [-0.3, -0.25) is 9.78 Å². The zero-order valence-electron chi connectivity index (χ0n) is 10.2. The van der Waals surface area contributed by atoms with Gasteiger partial charge in [-0.2, -0.15) is 0 Å². The molecular formula is C12H18N4O. The number of aromatic nitrogens is 1. The number of anilines is 1. The lowest BCUT2D eigenvalue weighted by molar-refractivity contribution is 0.0937. The van der Waals surface area contributed by atoms with Crippen LogP contribution >= 0.6 is 0 Å². The molecule has 0 spiro atoms. The third kappa shape index (κ3) is 2.74. The maximum absolute atomic E-state index is 12.1. The molecule has 1 aliphatic heterocycles. The summed E-state index contributed by atoms with van der Waals surface area (Å²) in [4.78, 5) is 18.4. The van der Waals surface area contributed by atoms with Crippen molar-refractivity contribution in [2.45, 2.75) is 19.4 Å². The number of pyridine rings is 1. The van der Waals surface area contributed by atoms with E-state index in [1.54, 1.807) is 12.3 Å². The minimum atomic E-state index is -0.0809. The molecule has 0 radical (unpaired) electrons. The number of hydrogen-bond donors (Lipinski definition) is 2. The Hall–Kier alpha value is -1.62. The second kappa shape index (κ2) is 4.71. The molecule has 1 fully saturated rings. The van der Waals surface area contributed by atoms with Crippen LogP contribution in [0.4, 0.5) is 5.69 Å². The van der Waals surface area contributed by atoms with E-state index >= 15 is 0 Å². The maximum atomic E-state index is 12.1. The normalized spacial score (nSPS) is 20.5. The summed E-state index contributed by atoms with van der Waals surface area (Å²) in [7, 11) is 2.06. The average molecular weight is 234 g/mol. The third-order valence-corrected chi connectivity index (χ3v) is 3.08. The second-order valence-electron chi connectivity index (χ2n) is 4.62. The van der Waals surface area contributed by atoms with Crippen molar-refractivity contribution >= 4 is 11.6 Å². The Bertz CT molecular complexity index is 433. The van der Waals surface area contributed by atoms with E-state index in [1.807, 2.05) is 6.92 Å². The van der Waals surface area contributed by atoms with E-state index in [0.717, 1.165) is 19.5 Å². The third-order valence-electron chi connectivity index (χ3n) is 3.08. The Labute approximate surface area is 101 Å². The van der Waals surface area contributed by atoms with Crippen LogP contribution in [0, 0.1) is 6.92 Å². The highest BCUT2D eigenvalue weighted by atomic mass is 16.1. The molecule has 1 aromatic rings. The molecule has 0 saturated carbocycles. The molecule has 92 valence electrons. The predicted molar refractivity (Wildman–Crippen MR) is 66.8 cm³/mol. The first-order chi connectivity index (χ1) is 8.06. The number of nitrogens with zero attached hydrogens (tertiary/aromatic N) is 2. The van der Waals surface area contributed by atoms with E-state index in [9.17, 15) is 4.79 Å². The molecule has 0 bridgehead atoms. The van der Waals surface area contributed by atoms with Crippen molar-refractivity contribution in [3.05, 3.63) is 23.5 Å². The van der Waals surface area contributed by atoms with Crippen LogP contribution in [-0.4, -0.2) is 42.0 Å². The van der Waals surface area contributed by atoms with Gasteiger partial charge < -0.3 is 16.0 Å². The molecule has 1 aliphatic rings. The molecule has 0 aliphatic carbocycles. The summed E-state index contributed by atoms with van der Waals surface area (Å²) in [5.74, 6) is -0.0809. The lowest BCUT2D eigenvalue weighted by Crippen LogP contribution is -2.36. The second-order valence-corrected chi connectivity index (χ2v) is 4.62. The van der Waals surface area contributed by atoms with Gasteiger partial charge in [-0.15, -0.1) is 0 Å². The quantitative estimate of drug-likeness (QED) is 0.777. The molecule has 1 aromatic heterocycles. The molecule has 1 saturated heterocycles. The smallest absolute Gasteiger partial charge is 0.253 e. The Morgan fingerprint density at radius 2 is 2.41 bits per heavy atom. The number of nitrogen functional groups attached to an aromatic ring is 1. The van der Waals surface area contributed by atoms with Gasteiger partial charge in [0.25, 0.3) is 5.91 Å². The van der Waals surface area contributed by atoms with Crippen LogP contribution in [-0.2, 0) is 0 Å². The zero-order valence-corrected chi connectivity index (χ0v) is 10.2. The molecule has 5 heteroatoms. The number of hydrogen-bond acceptors (Lipinski definition) is 4. The standard InChI is InChI=1S/C12H18N4O/c1-8-11(5-9(13)6-14-8)12(17)15-10-3-4-16(2)7-10/h5-6,10H,3-4,7,13H2,1-2H3,(H,15,17). The number of rotatable bonds is 2. The minimum Gasteiger partial charge on any atom is -0.397 e. The highest BCUT2D eigenvalue weighted by molar-refractivity contribution is 5.96. The molecule has 17 heavy (non-hydrogen) atoms. The first kappa shape index (κ1) is 11.9. The van der Waals surface area contributed by atoms with Gasteiger partial charge in [-0.1, -0.05) is 0 Å². The predicted octanol–water partition coefficient (Wildman–Crippen LogP) is 0.406. The SMILES string of the molecule is Cc1ncc(N)cc1C(=O)NC1CCN(C)C1. The number of likely N-dealkylation sites (N-methyl/N-ethyl adjacent to an activating group) is 1. The number of carbonyl (C=O) groups excluding carboxylic acids is 1. The fraction of sp³-hybridized carbons (Fsp3) is 0.500. The van der Waals surface area contributed by atoms with Crippen LogP contribution in [0.5, 0.6) is 0 Å². The summed E-state index contributed by atoms with van der Waals surface area (Å²) in [5.41, 5.74) is 7.44. The molecule has 1 amide bonds. The van der Waals surface area contributed by atoms with Crippen molar-refractivity contribution in [2.75, 3.05) is 25.9 Å². The number of nitrogens with two attached hydrogens (primary N) is 1. The van der Waals surface area contributed by atoms with Crippen molar-refractivity contribution in [3.63, 3.8) is 0 Å². The van der Waals surface area contributed by atoms with E-state index < -0.39 is 0 Å². The summed E-state index contributed by atoms with van der Waals surface area (Å²) in [6, 6.07) is 1.91. The molecule has 2 rings (SSSR count). The van der Waals surface area contributed by atoms with Gasteiger partial charge in [0, 0.05) is 12.6 Å². The first-order valence-corrected chi connectivity index (χ1v) is 5.78. The molecule has 2 heterocycles. The Morgan fingerprint density at radius 3 is 3.06 bits per heavy atom. The summed E-state index contributed by atoms with van der Waals surface area (Å²) in [6.07, 6.45) is 2.56. The van der Waals surface area contributed by atoms with Gasteiger partial charge in [0.15, 0.2) is 0 Å². The summed E-state index contributed by atoms with van der Waals surface area (Å²) < 4.78 is 0. The van der Waals surface area contributed by atoms with Gasteiger partial charge in [-0.25, -0.2) is 0 Å². The Morgan fingerprint density at radius 1 is 1.65 bits per heavy atom. The van der Waals surface area contributed by atoms with Gasteiger partial charge in [-0.05, 0) is 33.0 Å². The number of aryl methyl sites for hydroxylation is 1. The van der Waals surface area contributed by atoms with Crippen molar-refractivity contribution in [3.8, 4) is 0 Å². The first-order valence-electron chi connectivity index (χ1n) is 5.78. The van der Waals surface area contributed by atoms with Crippen molar-refractivity contribution < 1.29 is 4.79 Å². The zero-order chi connectivity index (χ0) is 12.4. The van der Waals surface area contributed by atoms with Crippen LogP contribution < -0.4 is 11.1 Å². The van der Waals surface area contributed by atoms with Crippen molar-refractivity contribution in [1.29, 1.82) is 0 Å². The van der Waals surface area contributed by atoms with Gasteiger partial charge in [0.1, 0.15) is 0 Å². The average Bonchev–Trinajstić information content (AvgIpc) is 2.67. The summed E-state index contributed by atoms with van der Waals surface area (Å²) in [5, 5.41) is 3.02. The molecular weight excluding hydrogens is 216 g/mol. The number of nitrogens with one attached hydrogen (secondary N) is 1. The molecule has 1 atom stereocenters. The molecule has 3 N–H and O–H groups in total. The van der Waals surface area contributed by atoms with E-state index in [2.05, 4.69) is 22.2 Å². The van der Waals surface area contributed by atoms with Gasteiger partial charge >= 0.3 is 0 Å². The lowest BCUT2D eigenvalue weighted by Gasteiger charge is -2.13. The van der Waals surface area contributed by atoms with Crippen LogP contribution in [0.3, 0.4) is 0 Å². The number of likely N-dealkylation sites (tertiary alicyclic amines) is 1. The molecule has 0 aromatic carbocycles. The lowest BCUT2D eigenvalue weighted by atomic mass is 10.1. The van der Waals surface area contributed by atoms with Crippen LogP contribution in [0.15, 0.2) is 12.3 Å². The Balaban J connectivity index is 2.06. The maximum Gasteiger partial charge on any atom is 0.253 e. The van der Waals surface area contributed by atoms with E-state index in [1.165, 1.54) is 0 Å². The molecule has 1 unspecified atom stereocenters. The number of amides is 1. The van der Waals surface area contributed by atoms with Crippen molar-refractivity contribution in [2.24, 2.45) is 0 Å². The monoisotopic (exact) mass is 234 g/mol. The van der Waals surface area contributed by atoms with Crippen molar-refractivity contribution in [1.82, 2.24) is 15.2 Å². The van der Waals surface area contributed by atoms with Crippen LogP contribution in [0.2, 0.25) is 0 Å². The number of carbonyl (C=O) groups is 1.